The number of carbonyl (C=O) groups is 1. The normalized spacial score (nSPS) is 14.2. The van der Waals surface area contributed by atoms with Gasteiger partial charge in [0.15, 0.2) is 0 Å². The van der Waals surface area contributed by atoms with Crippen LogP contribution in [0.1, 0.15) is 13.0 Å². The minimum atomic E-state index is 0. The van der Waals surface area contributed by atoms with Crippen molar-refractivity contribution >= 4 is 33.5 Å². The Morgan fingerprint density at radius 1 is 0.800 bits per heavy atom. The fraction of sp³-hybridized carbons (Fsp3) is 0.240. The number of anilines is 1. The Balaban J connectivity index is 0.00000218. The number of carbonyl (C=O) groups excluding carboxylic acids is 1. The van der Waals surface area contributed by atoms with Crippen LogP contribution < -0.4 is 4.90 Å². The van der Waals surface area contributed by atoms with Crippen molar-refractivity contribution in [2.24, 2.45) is 0 Å². The molecule has 1 aliphatic heterocycles. The van der Waals surface area contributed by atoms with Crippen LogP contribution in [0.5, 0.6) is 0 Å². The van der Waals surface area contributed by atoms with Crippen LogP contribution in [0.3, 0.4) is 0 Å². The summed E-state index contributed by atoms with van der Waals surface area (Å²) in [7, 11) is 0. The van der Waals surface area contributed by atoms with Gasteiger partial charge >= 0.3 is 6.03 Å². The Kier molecular flexibility index (Phi) is 5.46. The molecule has 1 aliphatic rings. The number of nitrogens with zero attached hydrogens (tertiary/aromatic N) is 3. The van der Waals surface area contributed by atoms with E-state index in [1.54, 1.807) is 0 Å². The number of hydrogen-bond acceptors (Lipinski definition) is 3. The van der Waals surface area contributed by atoms with Gasteiger partial charge in [0.05, 0.1) is 17.6 Å². The molecule has 0 spiro atoms. The van der Waals surface area contributed by atoms with Crippen molar-refractivity contribution in [3.05, 3.63) is 78.4 Å². The maximum Gasteiger partial charge on any atom is 0.329 e. The van der Waals surface area contributed by atoms with Crippen molar-refractivity contribution in [1.82, 2.24) is 9.47 Å². The van der Waals surface area contributed by atoms with Crippen LogP contribution in [0.15, 0.2) is 72.8 Å². The summed E-state index contributed by atoms with van der Waals surface area (Å²) in [5.74, 6) is 0. The third-order valence-corrected chi connectivity index (χ3v) is 5.78. The number of aliphatic hydroxyl groups excluding tert-OH is 1. The van der Waals surface area contributed by atoms with E-state index in [9.17, 15) is 9.90 Å². The molecule has 0 radical (unpaired) electrons. The largest absolute Gasteiger partial charge is 0.392 e. The summed E-state index contributed by atoms with van der Waals surface area (Å²) in [6, 6.07) is 24.2. The van der Waals surface area contributed by atoms with Gasteiger partial charge in [-0.15, -0.1) is 0 Å². The van der Waals surface area contributed by atoms with Crippen molar-refractivity contribution in [3.8, 4) is 0 Å². The van der Waals surface area contributed by atoms with Gasteiger partial charge in [0, 0.05) is 42.6 Å². The second-order valence-electron chi connectivity index (χ2n) is 7.45. The molecule has 0 saturated carbocycles. The number of aromatic nitrogens is 1. The zero-order valence-electron chi connectivity index (χ0n) is 16.2. The van der Waals surface area contributed by atoms with Crippen molar-refractivity contribution in [1.29, 1.82) is 0 Å². The lowest BCUT2D eigenvalue weighted by atomic mass is 10.2. The summed E-state index contributed by atoms with van der Waals surface area (Å²) in [6.45, 7) is 2.93. The second kappa shape index (κ2) is 8.20. The van der Waals surface area contributed by atoms with E-state index < -0.39 is 0 Å². The number of aliphatic hydroxyl groups is 1. The van der Waals surface area contributed by atoms with Gasteiger partial charge in [-0.2, -0.15) is 0 Å². The molecule has 2 heterocycles. The van der Waals surface area contributed by atoms with Gasteiger partial charge in [0.1, 0.15) is 0 Å². The summed E-state index contributed by atoms with van der Waals surface area (Å²) in [6.07, 6.45) is 0. The van der Waals surface area contributed by atoms with E-state index in [1.165, 1.54) is 0 Å². The highest BCUT2D eigenvalue weighted by Crippen LogP contribution is 2.29. The first-order chi connectivity index (χ1) is 14.3. The predicted molar refractivity (Wildman–Crippen MR) is 123 cm³/mol. The van der Waals surface area contributed by atoms with Crippen LogP contribution in [0.25, 0.3) is 21.8 Å². The molecule has 1 amide bonds. The van der Waals surface area contributed by atoms with Crippen LogP contribution in [-0.4, -0.2) is 46.8 Å². The Labute approximate surface area is 176 Å². The Morgan fingerprint density at radius 3 is 2.00 bits per heavy atom. The minimum Gasteiger partial charge on any atom is -0.392 e. The van der Waals surface area contributed by atoms with Crippen LogP contribution in [0, 0.1) is 0 Å². The highest BCUT2D eigenvalue weighted by molar-refractivity contribution is 6.13. The number of piperazine rings is 1. The van der Waals surface area contributed by atoms with Gasteiger partial charge in [-0.25, -0.2) is 4.79 Å². The zero-order valence-corrected chi connectivity index (χ0v) is 16.2. The molecule has 1 N–H and O–H groups in total. The molecule has 1 aromatic heterocycles. The van der Waals surface area contributed by atoms with E-state index in [-0.39, 0.29) is 20.1 Å². The minimum absolute atomic E-state index is 0. The highest BCUT2D eigenvalue weighted by atomic mass is 16.3. The molecule has 1 saturated heterocycles. The van der Waals surface area contributed by atoms with Gasteiger partial charge < -0.3 is 14.9 Å². The zero-order chi connectivity index (χ0) is 19.8. The van der Waals surface area contributed by atoms with Gasteiger partial charge in [0.25, 0.3) is 0 Å². The average Bonchev–Trinajstić information content (AvgIpc) is 3.13. The summed E-state index contributed by atoms with van der Waals surface area (Å²) < 4.78 is 1.85. The molecule has 5 heteroatoms. The number of benzene rings is 3. The average molecular weight is 402 g/mol. The van der Waals surface area contributed by atoms with Gasteiger partial charge in [-0.1, -0.05) is 56.0 Å². The van der Waals surface area contributed by atoms with E-state index in [0.29, 0.717) is 13.1 Å². The number of rotatable bonds is 2. The Hall–Kier alpha value is -3.31. The third-order valence-electron chi connectivity index (χ3n) is 5.78. The molecule has 5 rings (SSSR count). The molecule has 0 unspecified atom stereocenters. The molecular formula is C25H27N3O2. The first-order valence-electron chi connectivity index (χ1n) is 9.98. The van der Waals surface area contributed by atoms with E-state index in [0.717, 1.165) is 46.1 Å². The first kappa shape index (κ1) is 20.0. The van der Waals surface area contributed by atoms with Crippen LogP contribution in [0.2, 0.25) is 0 Å². The molecule has 3 aromatic carbocycles. The number of fused-ring (bicyclic) bond motifs is 3. The molecule has 5 nitrogen and oxygen atoms in total. The van der Waals surface area contributed by atoms with Crippen molar-refractivity contribution in [2.75, 3.05) is 31.1 Å². The fourth-order valence-corrected chi connectivity index (χ4v) is 4.28. The van der Waals surface area contributed by atoms with E-state index in [4.69, 9.17) is 0 Å². The Bertz CT molecular complexity index is 1140. The van der Waals surface area contributed by atoms with E-state index in [1.807, 2.05) is 64.1 Å². The van der Waals surface area contributed by atoms with E-state index in [2.05, 4.69) is 23.1 Å². The number of para-hydroxylation sites is 2. The summed E-state index contributed by atoms with van der Waals surface area (Å²) in [4.78, 5) is 17.7. The predicted octanol–water partition coefficient (Wildman–Crippen LogP) is 4.71. The van der Waals surface area contributed by atoms with Crippen molar-refractivity contribution in [2.45, 2.75) is 14.0 Å². The molecule has 0 atom stereocenters. The number of hydrogen-bond donors (Lipinski definition) is 1. The maximum atomic E-state index is 13.5. The lowest BCUT2D eigenvalue weighted by Gasteiger charge is -2.36. The SMILES string of the molecule is C.O=C(N1CCN(c2cccc(CO)c2)CC1)n1c2ccccc2c2ccccc21. The first-order valence-corrected chi connectivity index (χ1v) is 9.98. The highest BCUT2D eigenvalue weighted by Gasteiger charge is 2.25. The summed E-state index contributed by atoms with van der Waals surface area (Å²) in [5.41, 5.74) is 3.92. The fourth-order valence-electron chi connectivity index (χ4n) is 4.28. The topological polar surface area (TPSA) is 48.7 Å². The molecule has 4 aromatic rings. The quantitative estimate of drug-likeness (QED) is 0.529. The molecule has 0 aliphatic carbocycles. The number of amides is 1. The molecule has 30 heavy (non-hydrogen) atoms. The molecule has 1 fully saturated rings. The van der Waals surface area contributed by atoms with Gasteiger partial charge in [-0.3, -0.25) is 4.57 Å². The second-order valence-corrected chi connectivity index (χ2v) is 7.45. The third kappa shape index (κ3) is 3.31. The molecular weight excluding hydrogens is 374 g/mol. The van der Waals surface area contributed by atoms with E-state index >= 15 is 0 Å². The maximum absolute atomic E-state index is 13.5. The summed E-state index contributed by atoms with van der Waals surface area (Å²) >= 11 is 0. The van der Waals surface area contributed by atoms with Crippen LogP contribution >= 0.6 is 0 Å². The monoisotopic (exact) mass is 401 g/mol. The van der Waals surface area contributed by atoms with Crippen LogP contribution in [0.4, 0.5) is 10.5 Å². The van der Waals surface area contributed by atoms with Crippen molar-refractivity contribution in [3.63, 3.8) is 0 Å². The molecule has 0 bridgehead atoms. The lowest BCUT2D eigenvalue weighted by molar-refractivity contribution is 0.198. The Morgan fingerprint density at radius 2 is 1.40 bits per heavy atom. The smallest absolute Gasteiger partial charge is 0.329 e. The molecule has 154 valence electrons. The standard InChI is InChI=1S/C24H23N3O2.CH4/c28-17-18-6-5-7-19(16-18)25-12-14-26(15-13-25)24(29)27-22-10-3-1-8-20(22)21-9-2-4-11-23(21)27;/h1-11,16,28H,12-15,17H2;1H4. The van der Waals surface area contributed by atoms with Crippen molar-refractivity contribution < 1.29 is 9.90 Å². The summed E-state index contributed by atoms with van der Waals surface area (Å²) in [5, 5.41) is 11.6. The lowest BCUT2D eigenvalue weighted by Crippen LogP contribution is -2.50. The van der Waals surface area contributed by atoms with Gasteiger partial charge in [0.2, 0.25) is 0 Å². The van der Waals surface area contributed by atoms with Crippen LogP contribution in [-0.2, 0) is 6.61 Å². The van der Waals surface area contributed by atoms with Gasteiger partial charge in [-0.05, 0) is 29.8 Å².